The highest BCUT2D eigenvalue weighted by Crippen LogP contribution is 2.20. The van der Waals surface area contributed by atoms with Gasteiger partial charge in [0.15, 0.2) is 0 Å². The van der Waals surface area contributed by atoms with Crippen LogP contribution >= 0.6 is 0 Å². The van der Waals surface area contributed by atoms with Crippen LogP contribution in [0.15, 0.2) is 11.9 Å². The fourth-order valence-corrected chi connectivity index (χ4v) is 0.912. The van der Waals surface area contributed by atoms with Gasteiger partial charge in [-0.05, 0) is 6.08 Å². The molecule has 0 aromatic rings. The lowest BCUT2D eigenvalue weighted by Crippen LogP contribution is -2.47. The molecule has 0 fully saturated rings. The normalized spacial score (nSPS) is 45.4. The van der Waals surface area contributed by atoms with Gasteiger partial charge in [-0.1, -0.05) is 0 Å². The molecule has 11 heavy (non-hydrogen) atoms. The van der Waals surface area contributed by atoms with Gasteiger partial charge in [0.1, 0.15) is 30.2 Å². The molecule has 1 rings (SSSR count). The first kappa shape index (κ1) is 8.61. The molecule has 0 saturated heterocycles. The first-order chi connectivity index (χ1) is 5.04. The summed E-state index contributed by atoms with van der Waals surface area (Å²) < 4.78 is 12.4. The lowest BCUT2D eigenvalue weighted by atomic mass is 9.95. The summed E-state index contributed by atoms with van der Waals surface area (Å²) in [7, 11) is 0. The highest BCUT2D eigenvalue weighted by molar-refractivity contribution is 5.13. The molecular formula is C6H9FO4. The third-order valence-corrected chi connectivity index (χ3v) is 1.64. The average Bonchev–Trinajstić information content (AvgIpc) is 1.97. The lowest BCUT2D eigenvalue weighted by Gasteiger charge is -2.28. The van der Waals surface area contributed by atoms with Crippen molar-refractivity contribution in [3.05, 3.63) is 11.9 Å². The van der Waals surface area contributed by atoms with E-state index in [1.165, 1.54) is 0 Å². The van der Waals surface area contributed by atoms with Crippen molar-refractivity contribution in [1.82, 2.24) is 0 Å². The van der Waals surface area contributed by atoms with Gasteiger partial charge in [-0.3, -0.25) is 0 Å². The zero-order chi connectivity index (χ0) is 8.59. The molecule has 4 nitrogen and oxygen atoms in total. The minimum atomic E-state index is -1.73. The van der Waals surface area contributed by atoms with E-state index in [2.05, 4.69) is 0 Å². The minimum Gasteiger partial charge on any atom is -0.387 e. The standard InChI is InChI=1S/C6H9FO4/c7-2-1-3(8)5(10)6(11)4(2)9/h1,3-6,8-11H/t3-,4-,5+,6-/m1/s1. The molecular weight excluding hydrogens is 155 g/mol. The number of hydrogen-bond acceptors (Lipinski definition) is 4. The van der Waals surface area contributed by atoms with Crippen molar-refractivity contribution in [1.29, 1.82) is 0 Å². The van der Waals surface area contributed by atoms with Gasteiger partial charge in [0.05, 0.1) is 0 Å². The smallest absolute Gasteiger partial charge is 0.134 e. The van der Waals surface area contributed by atoms with Crippen LogP contribution in [-0.4, -0.2) is 44.8 Å². The molecule has 0 spiro atoms. The average molecular weight is 164 g/mol. The number of halogens is 1. The van der Waals surface area contributed by atoms with Crippen molar-refractivity contribution >= 4 is 0 Å². The SMILES string of the molecule is O[C@@H]1[C@H](O)[C@H](O)C(F)=C[C@H]1O. The highest BCUT2D eigenvalue weighted by Gasteiger charge is 2.36. The molecule has 0 bridgehead atoms. The second kappa shape index (κ2) is 2.86. The Morgan fingerprint density at radius 1 is 1.09 bits per heavy atom. The van der Waals surface area contributed by atoms with Crippen LogP contribution < -0.4 is 0 Å². The molecule has 1 aliphatic carbocycles. The second-order valence-corrected chi connectivity index (χ2v) is 2.47. The van der Waals surface area contributed by atoms with Gasteiger partial charge >= 0.3 is 0 Å². The van der Waals surface area contributed by atoms with Gasteiger partial charge in [0, 0.05) is 0 Å². The molecule has 0 heterocycles. The zero-order valence-corrected chi connectivity index (χ0v) is 5.55. The van der Waals surface area contributed by atoms with Crippen molar-refractivity contribution in [3.8, 4) is 0 Å². The Kier molecular flexibility index (Phi) is 2.24. The second-order valence-electron chi connectivity index (χ2n) is 2.47. The van der Waals surface area contributed by atoms with E-state index >= 15 is 0 Å². The highest BCUT2D eigenvalue weighted by atomic mass is 19.1. The van der Waals surface area contributed by atoms with Crippen LogP contribution in [-0.2, 0) is 0 Å². The molecule has 0 saturated carbocycles. The van der Waals surface area contributed by atoms with Crippen LogP contribution in [0.5, 0.6) is 0 Å². The Morgan fingerprint density at radius 3 is 2.18 bits per heavy atom. The van der Waals surface area contributed by atoms with Gasteiger partial charge in [-0.25, -0.2) is 4.39 Å². The summed E-state index contributed by atoms with van der Waals surface area (Å²) >= 11 is 0. The summed E-state index contributed by atoms with van der Waals surface area (Å²) in [5, 5.41) is 35.3. The van der Waals surface area contributed by atoms with Crippen LogP contribution in [0.4, 0.5) is 4.39 Å². The maximum atomic E-state index is 12.4. The van der Waals surface area contributed by atoms with Gasteiger partial charge in [0.2, 0.25) is 0 Å². The van der Waals surface area contributed by atoms with E-state index in [-0.39, 0.29) is 0 Å². The molecule has 4 atom stereocenters. The third-order valence-electron chi connectivity index (χ3n) is 1.64. The first-order valence-electron chi connectivity index (χ1n) is 3.13. The molecule has 0 radical (unpaired) electrons. The predicted octanol–water partition coefficient (Wildman–Crippen LogP) is -1.70. The van der Waals surface area contributed by atoms with E-state index in [1.807, 2.05) is 0 Å². The van der Waals surface area contributed by atoms with Crippen molar-refractivity contribution in [2.45, 2.75) is 24.4 Å². The zero-order valence-electron chi connectivity index (χ0n) is 5.55. The summed E-state index contributed by atoms with van der Waals surface area (Å²) in [4.78, 5) is 0. The monoisotopic (exact) mass is 164 g/mol. The van der Waals surface area contributed by atoms with Crippen LogP contribution in [0.3, 0.4) is 0 Å². The van der Waals surface area contributed by atoms with Crippen molar-refractivity contribution < 1.29 is 24.8 Å². The van der Waals surface area contributed by atoms with Crippen molar-refractivity contribution in [2.75, 3.05) is 0 Å². The van der Waals surface area contributed by atoms with Crippen LogP contribution in [0.25, 0.3) is 0 Å². The van der Waals surface area contributed by atoms with Crippen LogP contribution in [0, 0.1) is 0 Å². The molecule has 4 N–H and O–H groups in total. The molecule has 0 aliphatic heterocycles. The van der Waals surface area contributed by atoms with Gasteiger partial charge < -0.3 is 20.4 Å². The minimum absolute atomic E-state index is 0.669. The van der Waals surface area contributed by atoms with Gasteiger partial charge in [-0.15, -0.1) is 0 Å². The Labute approximate surface area is 62.2 Å². The van der Waals surface area contributed by atoms with E-state index in [0.29, 0.717) is 6.08 Å². The molecule has 0 aromatic carbocycles. The number of hydrogen-bond donors (Lipinski definition) is 4. The maximum absolute atomic E-state index is 12.4. The number of aliphatic hydroxyl groups is 4. The third kappa shape index (κ3) is 1.41. The first-order valence-corrected chi connectivity index (χ1v) is 3.13. The summed E-state index contributed by atoms with van der Waals surface area (Å²) in [5.41, 5.74) is 0. The Bertz CT molecular complexity index is 181. The summed E-state index contributed by atoms with van der Waals surface area (Å²) in [6.45, 7) is 0. The molecule has 0 amide bonds. The van der Waals surface area contributed by atoms with E-state index in [1.54, 1.807) is 0 Å². The van der Waals surface area contributed by atoms with E-state index in [0.717, 1.165) is 0 Å². The lowest BCUT2D eigenvalue weighted by molar-refractivity contribution is -0.0988. The fourth-order valence-electron chi connectivity index (χ4n) is 0.912. The van der Waals surface area contributed by atoms with Crippen LogP contribution in [0.1, 0.15) is 0 Å². The van der Waals surface area contributed by atoms with Crippen molar-refractivity contribution in [2.24, 2.45) is 0 Å². The van der Waals surface area contributed by atoms with E-state index in [4.69, 9.17) is 20.4 Å². The summed E-state index contributed by atoms with van der Waals surface area (Å²) in [6, 6.07) is 0. The number of rotatable bonds is 0. The summed E-state index contributed by atoms with van der Waals surface area (Å²) in [5.74, 6) is -1.02. The quantitative estimate of drug-likeness (QED) is 0.344. The molecule has 0 aromatic heterocycles. The van der Waals surface area contributed by atoms with E-state index in [9.17, 15) is 4.39 Å². The van der Waals surface area contributed by atoms with Gasteiger partial charge in [-0.2, -0.15) is 0 Å². The van der Waals surface area contributed by atoms with Crippen molar-refractivity contribution in [3.63, 3.8) is 0 Å². The predicted molar refractivity (Wildman–Crippen MR) is 33.2 cm³/mol. The van der Waals surface area contributed by atoms with Crippen LogP contribution in [0.2, 0.25) is 0 Å². The topological polar surface area (TPSA) is 80.9 Å². The number of aliphatic hydroxyl groups excluding tert-OH is 4. The summed E-state index contributed by atoms with van der Waals surface area (Å²) in [6.07, 6.45) is -5.69. The largest absolute Gasteiger partial charge is 0.387 e. The molecule has 64 valence electrons. The Hall–Kier alpha value is -0.490. The molecule has 5 heteroatoms. The fraction of sp³-hybridized carbons (Fsp3) is 0.667. The Balaban J connectivity index is 2.83. The van der Waals surface area contributed by atoms with E-state index < -0.39 is 30.2 Å². The Morgan fingerprint density at radius 2 is 1.64 bits per heavy atom. The maximum Gasteiger partial charge on any atom is 0.134 e. The molecule has 1 aliphatic rings. The van der Waals surface area contributed by atoms with Gasteiger partial charge in [0.25, 0.3) is 0 Å². The molecule has 0 unspecified atom stereocenters.